The third-order valence-electron chi connectivity index (χ3n) is 2.87. The van der Waals surface area contributed by atoms with E-state index in [0.29, 0.717) is 18.7 Å². The van der Waals surface area contributed by atoms with Gasteiger partial charge in [-0.2, -0.15) is 0 Å². The van der Waals surface area contributed by atoms with Gasteiger partial charge < -0.3 is 10.1 Å². The fourth-order valence-corrected chi connectivity index (χ4v) is 2.28. The molecule has 0 amide bonds. The van der Waals surface area contributed by atoms with E-state index < -0.39 is 11.6 Å². The Labute approximate surface area is 124 Å². The summed E-state index contributed by atoms with van der Waals surface area (Å²) in [7, 11) is 1.61. The molecule has 20 heavy (non-hydrogen) atoms. The van der Waals surface area contributed by atoms with Gasteiger partial charge in [-0.3, -0.25) is 0 Å². The molecule has 106 valence electrons. The summed E-state index contributed by atoms with van der Waals surface area (Å²) in [5.41, 5.74) is 1.68. The maximum absolute atomic E-state index is 13.1. The summed E-state index contributed by atoms with van der Waals surface area (Å²) in [4.78, 5) is 0. The van der Waals surface area contributed by atoms with Gasteiger partial charge >= 0.3 is 0 Å². The highest BCUT2D eigenvalue weighted by Crippen LogP contribution is 2.22. The topological polar surface area (TPSA) is 21.3 Å². The van der Waals surface area contributed by atoms with Gasteiger partial charge in [0.1, 0.15) is 5.75 Å². The van der Waals surface area contributed by atoms with Crippen LogP contribution in [0.15, 0.2) is 40.9 Å². The first kappa shape index (κ1) is 14.9. The molecule has 0 unspecified atom stereocenters. The van der Waals surface area contributed by atoms with Gasteiger partial charge in [0, 0.05) is 23.1 Å². The molecule has 0 heterocycles. The van der Waals surface area contributed by atoms with E-state index in [1.807, 2.05) is 18.2 Å². The summed E-state index contributed by atoms with van der Waals surface area (Å²) < 4.78 is 32.1. The lowest BCUT2D eigenvalue weighted by Gasteiger charge is -2.10. The van der Waals surface area contributed by atoms with Gasteiger partial charge in [0.05, 0.1) is 7.11 Å². The van der Waals surface area contributed by atoms with Crippen molar-refractivity contribution in [1.82, 2.24) is 5.32 Å². The molecule has 0 spiro atoms. The summed E-state index contributed by atoms with van der Waals surface area (Å²) in [6.45, 7) is 1.02. The van der Waals surface area contributed by atoms with Crippen LogP contribution < -0.4 is 10.1 Å². The van der Waals surface area contributed by atoms with Crippen LogP contribution in [-0.4, -0.2) is 7.11 Å². The van der Waals surface area contributed by atoms with Gasteiger partial charge in [0.2, 0.25) is 0 Å². The summed E-state index contributed by atoms with van der Waals surface area (Å²) in [6.07, 6.45) is 0. The van der Waals surface area contributed by atoms with Crippen LogP contribution in [0.1, 0.15) is 11.1 Å². The minimum absolute atomic E-state index is 0.451. The van der Waals surface area contributed by atoms with Crippen LogP contribution in [0.5, 0.6) is 5.75 Å². The molecule has 2 aromatic rings. The molecule has 0 aromatic heterocycles. The largest absolute Gasteiger partial charge is 0.496 e. The van der Waals surface area contributed by atoms with E-state index in [1.165, 1.54) is 6.07 Å². The Bertz CT molecular complexity index is 604. The molecule has 0 saturated carbocycles. The van der Waals surface area contributed by atoms with Crippen LogP contribution in [0, 0.1) is 11.6 Å². The number of halogens is 3. The maximum Gasteiger partial charge on any atom is 0.159 e. The zero-order valence-electron chi connectivity index (χ0n) is 10.9. The molecular weight excluding hydrogens is 328 g/mol. The van der Waals surface area contributed by atoms with E-state index >= 15 is 0 Å². The zero-order valence-corrected chi connectivity index (χ0v) is 12.5. The Balaban J connectivity index is 1.99. The van der Waals surface area contributed by atoms with Crippen LogP contribution in [0.2, 0.25) is 0 Å². The molecule has 2 rings (SSSR count). The van der Waals surface area contributed by atoms with Crippen molar-refractivity contribution in [2.75, 3.05) is 7.11 Å². The summed E-state index contributed by atoms with van der Waals surface area (Å²) >= 11 is 3.41. The second kappa shape index (κ2) is 6.81. The molecule has 5 heteroatoms. The fraction of sp³-hybridized carbons (Fsp3) is 0.200. The molecule has 0 aliphatic carbocycles. The third-order valence-corrected chi connectivity index (χ3v) is 3.36. The van der Waals surface area contributed by atoms with E-state index in [4.69, 9.17) is 4.74 Å². The van der Waals surface area contributed by atoms with Crippen molar-refractivity contribution >= 4 is 15.9 Å². The zero-order chi connectivity index (χ0) is 14.5. The van der Waals surface area contributed by atoms with Gasteiger partial charge in [-0.15, -0.1) is 0 Å². The monoisotopic (exact) mass is 341 g/mol. The second-order valence-electron chi connectivity index (χ2n) is 4.31. The lowest BCUT2D eigenvalue weighted by atomic mass is 10.2. The minimum atomic E-state index is -0.831. The number of methoxy groups -OCH3 is 1. The van der Waals surface area contributed by atoms with Crippen molar-refractivity contribution < 1.29 is 13.5 Å². The van der Waals surface area contributed by atoms with E-state index in [9.17, 15) is 8.78 Å². The Morgan fingerprint density at radius 1 is 1.05 bits per heavy atom. The van der Waals surface area contributed by atoms with E-state index in [-0.39, 0.29) is 0 Å². The highest BCUT2D eigenvalue weighted by Gasteiger charge is 2.05. The number of rotatable bonds is 5. The quantitative estimate of drug-likeness (QED) is 0.886. The Morgan fingerprint density at radius 3 is 2.55 bits per heavy atom. The van der Waals surface area contributed by atoms with Crippen molar-refractivity contribution in [2.24, 2.45) is 0 Å². The molecule has 2 aromatic carbocycles. The van der Waals surface area contributed by atoms with E-state index in [2.05, 4.69) is 21.2 Å². The molecule has 0 bridgehead atoms. The smallest absolute Gasteiger partial charge is 0.159 e. The second-order valence-corrected chi connectivity index (χ2v) is 5.22. The van der Waals surface area contributed by atoms with Crippen molar-refractivity contribution in [3.63, 3.8) is 0 Å². The van der Waals surface area contributed by atoms with Crippen LogP contribution in [0.3, 0.4) is 0 Å². The summed E-state index contributed by atoms with van der Waals surface area (Å²) in [5.74, 6) is -0.877. The minimum Gasteiger partial charge on any atom is -0.496 e. The normalized spacial score (nSPS) is 10.6. The molecule has 0 aliphatic rings. The fourth-order valence-electron chi connectivity index (χ4n) is 1.88. The van der Waals surface area contributed by atoms with Gasteiger partial charge in [-0.05, 0) is 35.9 Å². The standard InChI is InChI=1S/C15H14BrF2NO/c1-20-15-5-3-12(16)7-11(15)9-19-8-10-2-4-13(17)14(18)6-10/h2-7,19H,8-9H2,1H3. The van der Waals surface area contributed by atoms with Gasteiger partial charge in [0.15, 0.2) is 11.6 Å². The molecule has 0 aliphatic heterocycles. The lowest BCUT2D eigenvalue weighted by molar-refractivity contribution is 0.407. The van der Waals surface area contributed by atoms with Gasteiger partial charge in [-0.1, -0.05) is 22.0 Å². The average Bonchev–Trinajstić information content (AvgIpc) is 2.43. The number of nitrogens with one attached hydrogen (secondary N) is 1. The predicted molar refractivity (Wildman–Crippen MR) is 77.6 cm³/mol. The Morgan fingerprint density at radius 2 is 1.85 bits per heavy atom. The molecule has 0 atom stereocenters. The Hall–Kier alpha value is -1.46. The SMILES string of the molecule is COc1ccc(Br)cc1CNCc1ccc(F)c(F)c1. The molecular formula is C15H14BrF2NO. The van der Waals surface area contributed by atoms with E-state index in [0.717, 1.165) is 21.9 Å². The van der Waals surface area contributed by atoms with Gasteiger partial charge in [0.25, 0.3) is 0 Å². The summed E-state index contributed by atoms with van der Waals surface area (Å²) in [5, 5.41) is 3.18. The molecule has 0 saturated heterocycles. The Kier molecular flexibility index (Phi) is 5.09. The van der Waals surface area contributed by atoms with Crippen molar-refractivity contribution in [1.29, 1.82) is 0 Å². The maximum atomic E-state index is 13.1. The van der Waals surface area contributed by atoms with Crippen molar-refractivity contribution in [2.45, 2.75) is 13.1 Å². The molecule has 0 radical (unpaired) electrons. The number of benzene rings is 2. The number of hydrogen-bond donors (Lipinski definition) is 1. The third kappa shape index (κ3) is 3.77. The summed E-state index contributed by atoms with van der Waals surface area (Å²) in [6, 6.07) is 9.61. The predicted octanol–water partition coefficient (Wildman–Crippen LogP) is 4.03. The first-order valence-corrected chi connectivity index (χ1v) is 6.86. The average molecular weight is 342 g/mol. The van der Waals surface area contributed by atoms with Crippen LogP contribution in [0.4, 0.5) is 8.78 Å². The van der Waals surface area contributed by atoms with Gasteiger partial charge in [-0.25, -0.2) is 8.78 Å². The first-order valence-electron chi connectivity index (χ1n) is 6.07. The molecule has 2 nitrogen and oxygen atoms in total. The van der Waals surface area contributed by atoms with Crippen molar-refractivity contribution in [3.8, 4) is 5.75 Å². The van der Waals surface area contributed by atoms with Crippen LogP contribution >= 0.6 is 15.9 Å². The lowest BCUT2D eigenvalue weighted by Crippen LogP contribution is -2.13. The number of hydrogen-bond acceptors (Lipinski definition) is 2. The highest BCUT2D eigenvalue weighted by molar-refractivity contribution is 9.10. The van der Waals surface area contributed by atoms with Crippen molar-refractivity contribution in [3.05, 3.63) is 63.6 Å². The van der Waals surface area contributed by atoms with Crippen LogP contribution in [-0.2, 0) is 13.1 Å². The first-order chi connectivity index (χ1) is 9.60. The number of ether oxygens (including phenoxy) is 1. The van der Waals surface area contributed by atoms with Crippen LogP contribution in [0.25, 0.3) is 0 Å². The molecule has 1 N–H and O–H groups in total. The van der Waals surface area contributed by atoms with E-state index in [1.54, 1.807) is 13.2 Å². The molecule has 0 fully saturated rings. The highest BCUT2D eigenvalue weighted by atomic mass is 79.9.